The zero-order valence-electron chi connectivity index (χ0n) is 11.7. The lowest BCUT2D eigenvalue weighted by Gasteiger charge is -2.01. The lowest BCUT2D eigenvalue weighted by molar-refractivity contribution is -0.114. The fourth-order valence-electron chi connectivity index (χ4n) is 1.81. The van der Waals surface area contributed by atoms with Crippen LogP contribution in [0.2, 0.25) is 0 Å². The van der Waals surface area contributed by atoms with E-state index < -0.39 is 11.6 Å². The maximum Gasteiger partial charge on any atom is 0.290 e. The molecule has 0 aliphatic heterocycles. The third-order valence-electron chi connectivity index (χ3n) is 2.89. The van der Waals surface area contributed by atoms with Crippen LogP contribution in [-0.2, 0) is 11.2 Å². The molecule has 0 unspecified atom stereocenters. The van der Waals surface area contributed by atoms with Gasteiger partial charge in [-0.15, -0.1) is 0 Å². The predicted molar refractivity (Wildman–Crippen MR) is 74.6 cm³/mol. The van der Waals surface area contributed by atoms with Gasteiger partial charge in [-0.1, -0.05) is 0 Å². The van der Waals surface area contributed by atoms with E-state index in [9.17, 15) is 14.0 Å². The molecule has 116 valence electrons. The molecule has 0 aliphatic carbocycles. The minimum Gasteiger partial charge on any atom is -0.430 e. The zero-order valence-corrected chi connectivity index (χ0v) is 11.7. The highest BCUT2D eigenvalue weighted by molar-refractivity contribution is 6.42. The van der Waals surface area contributed by atoms with Crippen molar-refractivity contribution in [3.05, 3.63) is 60.1 Å². The van der Waals surface area contributed by atoms with Crippen LogP contribution in [0.25, 0.3) is 0 Å². The van der Waals surface area contributed by atoms with Crippen molar-refractivity contribution < 1.29 is 23.1 Å². The molecule has 8 heteroatoms. The van der Waals surface area contributed by atoms with Crippen molar-refractivity contribution >= 4 is 11.6 Å². The van der Waals surface area contributed by atoms with E-state index in [1.807, 2.05) is 0 Å². The van der Waals surface area contributed by atoms with Gasteiger partial charge in [0.05, 0.1) is 6.42 Å². The normalized spacial score (nSPS) is 10.5. The number of hydrogen-bond donors (Lipinski definition) is 1. The number of nitrogens with one attached hydrogen (secondary N) is 1. The summed E-state index contributed by atoms with van der Waals surface area (Å²) in [5, 5.41) is 5.84. The second kappa shape index (κ2) is 6.22. The van der Waals surface area contributed by atoms with E-state index in [1.165, 1.54) is 36.4 Å². The van der Waals surface area contributed by atoms with Crippen molar-refractivity contribution in [2.45, 2.75) is 6.42 Å². The standard InChI is InChI=1S/C15H10FN3O4/c16-9-1-3-10(4-2-9)22-13-6-5-11(23-13)7-12(20)14(21)15-17-8-18-19-15/h1-6,8H,7H2,(H,17,18,19). The Hall–Kier alpha value is -3.29. The fraction of sp³-hybridized carbons (Fsp3) is 0.0667. The molecule has 0 atom stereocenters. The minimum absolute atomic E-state index is 0.121. The summed E-state index contributed by atoms with van der Waals surface area (Å²) in [7, 11) is 0. The summed E-state index contributed by atoms with van der Waals surface area (Å²) in [5.74, 6) is -1.19. The lowest BCUT2D eigenvalue weighted by atomic mass is 10.1. The second-order valence-electron chi connectivity index (χ2n) is 4.54. The molecule has 0 aliphatic rings. The van der Waals surface area contributed by atoms with Gasteiger partial charge in [0.2, 0.25) is 5.78 Å². The average molecular weight is 315 g/mol. The summed E-state index contributed by atoms with van der Waals surface area (Å²) in [4.78, 5) is 27.2. The first kappa shape index (κ1) is 14.6. The van der Waals surface area contributed by atoms with Gasteiger partial charge in [0.15, 0.2) is 5.82 Å². The molecular formula is C15H10FN3O4. The van der Waals surface area contributed by atoms with Crippen molar-refractivity contribution in [1.29, 1.82) is 0 Å². The number of furan rings is 1. The van der Waals surface area contributed by atoms with Crippen LogP contribution in [0, 0.1) is 5.82 Å². The summed E-state index contributed by atoms with van der Waals surface area (Å²) < 4.78 is 23.5. The van der Waals surface area contributed by atoms with Crippen LogP contribution in [-0.4, -0.2) is 26.7 Å². The average Bonchev–Trinajstić information content (AvgIpc) is 3.21. The number of carbonyl (C=O) groups is 2. The van der Waals surface area contributed by atoms with E-state index in [4.69, 9.17) is 9.15 Å². The van der Waals surface area contributed by atoms with E-state index >= 15 is 0 Å². The Morgan fingerprint density at radius 2 is 1.96 bits per heavy atom. The number of nitrogens with zero attached hydrogens (tertiary/aromatic N) is 2. The molecule has 1 N–H and O–H groups in total. The van der Waals surface area contributed by atoms with Gasteiger partial charge in [-0.05, 0) is 30.3 Å². The molecule has 0 fully saturated rings. The van der Waals surface area contributed by atoms with E-state index in [0.29, 0.717) is 5.75 Å². The van der Waals surface area contributed by atoms with Crippen LogP contribution in [0.3, 0.4) is 0 Å². The smallest absolute Gasteiger partial charge is 0.290 e. The molecule has 3 rings (SSSR count). The van der Waals surface area contributed by atoms with Crippen LogP contribution >= 0.6 is 0 Å². The molecule has 0 saturated carbocycles. The fourth-order valence-corrected chi connectivity index (χ4v) is 1.81. The zero-order chi connectivity index (χ0) is 16.2. The number of ether oxygens (including phenoxy) is 1. The molecule has 0 amide bonds. The Morgan fingerprint density at radius 1 is 1.17 bits per heavy atom. The van der Waals surface area contributed by atoms with Gasteiger partial charge in [0.25, 0.3) is 11.7 Å². The van der Waals surface area contributed by atoms with Crippen molar-refractivity contribution in [2.75, 3.05) is 0 Å². The highest BCUT2D eigenvalue weighted by Crippen LogP contribution is 2.24. The summed E-state index contributed by atoms with van der Waals surface area (Å²) in [5.41, 5.74) is 0. The molecule has 2 heterocycles. The molecule has 0 spiro atoms. The molecule has 0 bridgehead atoms. The number of Topliss-reactive ketones (excluding diaryl/α,β-unsaturated/α-hetero) is 2. The maximum atomic E-state index is 12.8. The van der Waals surface area contributed by atoms with Gasteiger partial charge in [-0.3, -0.25) is 14.7 Å². The van der Waals surface area contributed by atoms with E-state index in [0.717, 1.165) is 6.33 Å². The van der Waals surface area contributed by atoms with Gasteiger partial charge in [-0.25, -0.2) is 9.37 Å². The number of H-pyrrole nitrogens is 1. The summed E-state index contributed by atoms with van der Waals surface area (Å²) >= 11 is 0. The first-order valence-electron chi connectivity index (χ1n) is 6.57. The number of aromatic nitrogens is 3. The summed E-state index contributed by atoms with van der Waals surface area (Å²) in [6.07, 6.45) is 0.911. The van der Waals surface area contributed by atoms with Gasteiger partial charge < -0.3 is 9.15 Å². The Bertz CT molecular complexity index is 825. The van der Waals surface area contributed by atoms with E-state index in [2.05, 4.69) is 15.2 Å². The molecule has 0 radical (unpaired) electrons. The monoisotopic (exact) mass is 315 g/mol. The Labute approximate surface area is 129 Å². The molecule has 23 heavy (non-hydrogen) atoms. The molecule has 2 aromatic heterocycles. The number of carbonyl (C=O) groups excluding carboxylic acids is 2. The van der Waals surface area contributed by atoms with Gasteiger partial charge in [0.1, 0.15) is 23.7 Å². The number of hydrogen-bond acceptors (Lipinski definition) is 6. The van der Waals surface area contributed by atoms with Crippen LogP contribution < -0.4 is 4.74 Å². The van der Waals surface area contributed by atoms with Crippen LogP contribution in [0.1, 0.15) is 16.4 Å². The highest BCUT2D eigenvalue weighted by atomic mass is 19.1. The third kappa shape index (κ3) is 3.49. The van der Waals surface area contributed by atoms with Crippen molar-refractivity contribution in [2.24, 2.45) is 0 Å². The molecule has 7 nitrogen and oxygen atoms in total. The lowest BCUT2D eigenvalue weighted by Crippen LogP contribution is -2.17. The first-order valence-corrected chi connectivity index (χ1v) is 6.57. The minimum atomic E-state index is -0.778. The van der Waals surface area contributed by atoms with Crippen molar-refractivity contribution in [3.8, 4) is 11.7 Å². The highest BCUT2D eigenvalue weighted by Gasteiger charge is 2.21. The predicted octanol–water partition coefficient (Wildman–Crippen LogP) is 2.32. The Kier molecular flexibility index (Phi) is 3.96. The molecule has 3 aromatic rings. The topological polar surface area (TPSA) is 98.1 Å². The SMILES string of the molecule is O=C(Cc1ccc(Oc2ccc(F)cc2)o1)C(=O)c1ncn[nH]1. The number of ketones is 2. The quantitative estimate of drug-likeness (QED) is 0.554. The van der Waals surface area contributed by atoms with Gasteiger partial charge in [0, 0.05) is 6.07 Å². The summed E-state index contributed by atoms with van der Waals surface area (Å²) in [6, 6.07) is 8.40. The number of benzene rings is 1. The van der Waals surface area contributed by atoms with Crippen LogP contribution in [0.4, 0.5) is 4.39 Å². The first-order chi connectivity index (χ1) is 11.1. The van der Waals surface area contributed by atoms with Crippen molar-refractivity contribution in [1.82, 2.24) is 15.2 Å². The Balaban J connectivity index is 1.64. The third-order valence-corrected chi connectivity index (χ3v) is 2.89. The molecule has 0 saturated heterocycles. The number of aromatic amines is 1. The summed E-state index contributed by atoms with van der Waals surface area (Å²) in [6.45, 7) is 0. The van der Waals surface area contributed by atoms with E-state index in [1.54, 1.807) is 0 Å². The van der Waals surface area contributed by atoms with Gasteiger partial charge in [-0.2, -0.15) is 5.10 Å². The van der Waals surface area contributed by atoms with Crippen LogP contribution in [0.15, 0.2) is 47.1 Å². The van der Waals surface area contributed by atoms with Crippen LogP contribution in [0.5, 0.6) is 11.7 Å². The van der Waals surface area contributed by atoms with E-state index in [-0.39, 0.29) is 29.8 Å². The molecule has 1 aromatic carbocycles. The maximum absolute atomic E-state index is 12.8. The second-order valence-corrected chi connectivity index (χ2v) is 4.54. The Morgan fingerprint density at radius 3 is 2.65 bits per heavy atom. The van der Waals surface area contributed by atoms with Crippen molar-refractivity contribution in [3.63, 3.8) is 0 Å². The largest absolute Gasteiger partial charge is 0.430 e. The molecular weight excluding hydrogens is 305 g/mol. The van der Waals surface area contributed by atoms with Gasteiger partial charge >= 0.3 is 0 Å². The number of rotatable bonds is 6. The number of halogens is 1.